The zero-order valence-corrected chi connectivity index (χ0v) is 7.92. The molecule has 0 aliphatic carbocycles. The fourth-order valence-electron chi connectivity index (χ4n) is 1.64. The summed E-state index contributed by atoms with van der Waals surface area (Å²) in [6.07, 6.45) is 0. The predicted octanol–water partition coefficient (Wildman–Crippen LogP) is 2.62. The number of methoxy groups -OCH3 is 1. The third kappa shape index (κ3) is 1.45. The summed E-state index contributed by atoms with van der Waals surface area (Å²) < 4.78 is 5.13. The number of nitrogens with one attached hydrogen (secondary N) is 1. The molecule has 1 aromatic heterocycles. The summed E-state index contributed by atoms with van der Waals surface area (Å²) in [5.41, 5.74) is 3.62. The fraction of sp³-hybridized carbons (Fsp3) is 0.273. The average molecular weight is 175 g/mol. The smallest absolute Gasteiger partial charge is 0.0719 e. The van der Waals surface area contributed by atoms with Crippen molar-refractivity contribution >= 4 is 10.9 Å². The molecule has 0 bridgehead atoms. The largest absolute Gasteiger partial charge is 0.380 e. The van der Waals surface area contributed by atoms with E-state index in [1.54, 1.807) is 7.11 Å². The Morgan fingerprint density at radius 2 is 2.23 bits per heavy atom. The van der Waals surface area contributed by atoms with E-state index in [2.05, 4.69) is 30.1 Å². The molecule has 0 atom stereocenters. The van der Waals surface area contributed by atoms with Crippen LogP contribution in [0.25, 0.3) is 10.9 Å². The van der Waals surface area contributed by atoms with Crippen LogP contribution in [0.5, 0.6) is 0 Å². The van der Waals surface area contributed by atoms with Crippen molar-refractivity contribution in [2.24, 2.45) is 0 Å². The van der Waals surface area contributed by atoms with Crippen LogP contribution in [0.1, 0.15) is 11.3 Å². The SMILES string of the molecule is COCc1cccc2[nH]c(C)cc12. The minimum atomic E-state index is 0.675. The first-order valence-electron chi connectivity index (χ1n) is 4.37. The topological polar surface area (TPSA) is 25.0 Å². The van der Waals surface area contributed by atoms with E-state index >= 15 is 0 Å². The summed E-state index contributed by atoms with van der Waals surface area (Å²) in [5.74, 6) is 0. The van der Waals surface area contributed by atoms with Crippen LogP contribution in [0.4, 0.5) is 0 Å². The van der Waals surface area contributed by atoms with E-state index in [-0.39, 0.29) is 0 Å². The molecule has 0 unspecified atom stereocenters. The van der Waals surface area contributed by atoms with Crippen LogP contribution >= 0.6 is 0 Å². The number of benzene rings is 1. The van der Waals surface area contributed by atoms with Gasteiger partial charge >= 0.3 is 0 Å². The van der Waals surface area contributed by atoms with E-state index in [0.29, 0.717) is 6.61 Å². The third-order valence-electron chi connectivity index (χ3n) is 2.19. The zero-order chi connectivity index (χ0) is 9.26. The highest BCUT2D eigenvalue weighted by molar-refractivity contribution is 5.83. The van der Waals surface area contributed by atoms with Crippen molar-refractivity contribution in [2.45, 2.75) is 13.5 Å². The lowest BCUT2D eigenvalue weighted by Crippen LogP contribution is -1.86. The number of aromatic nitrogens is 1. The molecule has 0 saturated carbocycles. The molecule has 0 amide bonds. The molecule has 1 aromatic carbocycles. The minimum absolute atomic E-state index is 0.675. The number of aryl methyl sites for hydroxylation is 1. The minimum Gasteiger partial charge on any atom is -0.380 e. The molecule has 0 spiro atoms. The van der Waals surface area contributed by atoms with Gasteiger partial charge in [0.25, 0.3) is 0 Å². The van der Waals surface area contributed by atoms with Gasteiger partial charge in [0.2, 0.25) is 0 Å². The second-order valence-corrected chi connectivity index (χ2v) is 3.26. The van der Waals surface area contributed by atoms with Gasteiger partial charge < -0.3 is 9.72 Å². The van der Waals surface area contributed by atoms with Gasteiger partial charge in [0.15, 0.2) is 0 Å². The van der Waals surface area contributed by atoms with Crippen molar-refractivity contribution in [1.82, 2.24) is 4.98 Å². The number of ether oxygens (including phenoxy) is 1. The monoisotopic (exact) mass is 175 g/mol. The Labute approximate surface area is 77.5 Å². The Morgan fingerprint density at radius 3 is 3.00 bits per heavy atom. The number of hydrogen-bond donors (Lipinski definition) is 1. The van der Waals surface area contributed by atoms with Crippen molar-refractivity contribution in [3.8, 4) is 0 Å². The van der Waals surface area contributed by atoms with Crippen molar-refractivity contribution in [3.05, 3.63) is 35.5 Å². The van der Waals surface area contributed by atoms with Gasteiger partial charge in [0.1, 0.15) is 0 Å². The highest BCUT2D eigenvalue weighted by Crippen LogP contribution is 2.19. The molecular weight excluding hydrogens is 162 g/mol. The maximum atomic E-state index is 5.13. The quantitative estimate of drug-likeness (QED) is 0.745. The van der Waals surface area contributed by atoms with Crippen LogP contribution in [-0.2, 0) is 11.3 Å². The van der Waals surface area contributed by atoms with Crippen LogP contribution in [0.3, 0.4) is 0 Å². The summed E-state index contributed by atoms with van der Waals surface area (Å²) in [7, 11) is 1.72. The lowest BCUT2D eigenvalue weighted by atomic mass is 10.1. The van der Waals surface area contributed by atoms with Gasteiger partial charge in [-0.25, -0.2) is 0 Å². The zero-order valence-electron chi connectivity index (χ0n) is 7.92. The number of rotatable bonds is 2. The average Bonchev–Trinajstić information content (AvgIpc) is 2.47. The molecule has 2 heteroatoms. The van der Waals surface area contributed by atoms with Crippen molar-refractivity contribution in [3.63, 3.8) is 0 Å². The molecule has 2 aromatic rings. The second kappa shape index (κ2) is 3.23. The standard InChI is InChI=1S/C11H13NO/c1-8-6-10-9(7-13-2)4-3-5-11(10)12-8/h3-6,12H,7H2,1-2H3. The Morgan fingerprint density at radius 1 is 1.38 bits per heavy atom. The molecule has 0 radical (unpaired) electrons. The first kappa shape index (κ1) is 8.32. The molecule has 0 aliphatic heterocycles. The Balaban J connectivity index is 2.60. The molecule has 2 rings (SSSR count). The summed E-state index contributed by atoms with van der Waals surface area (Å²) in [4.78, 5) is 3.30. The number of hydrogen-bond acceptors (Lipinski definition) is 1. The number of aromatic amines is 1. The van der Waals surface area contributed by atoms with Crippen molar-refractivity contribution in [2.75, 3.05) is 7.11 Å². The van der Waals surface area contributed by atoms with Gasteiger partial charge in [0.05, 0.1) is 6.61 Å². The van der Waals surface area contributed by atoms with E-state index < -0.39 is 0 Å². The molecule has 13 heavy (non-hydrogen) atoms. The highest BCUT2D eigenvalue weighted by atomic mass is 16.5. The molecule has 1 N–H and O–H groups in total. The van der Waals surface area contributed by atoms with Gasteiger partial charge in [-0.3, -0.25) is 0 Å². The van der Waals surface area contributed by atoms with Gasteiger partial charge in [-0.1, -0.05) is 12.1 Å². The maximum Gasteiger partial charge on any atom is 0.0719 e. The third-order valence-corrected chi connectivity index (χ3v) is 2.19. The van der Waals surface area contributed by atoms with Gasteiger partial charge in [-0.2, -0.15) is 0 Å². The normalized spacial score (nSPS) is 10.9. The maximum absolute atomic E-state index is 5.13. The van der Waals surface area contributed by atoms with Crippen LogP contribution < -0.4 is 0 Å². The van der Waals surface area contributed by atoms with E-state index in [9.17, 15) is 0 Å². The Kier molecular flexibility index (Phi) is 2.07. The van der Waals surface area contributed by atoms with Gasteiger partial charge in [-0.05, 0) is 24.6 Å². The van der Waals surface area contributed by atoms with Crippen molar-refractivity contribution in [1.29, 1.82) is 0 Å². The number of H-pyrrole nitrogens is 1. The van der Waals surface area contributed by atoms with Crippen LogP contribution in [0.2, 0.25) is 0 Å². The van der Waals surface area contributed by atoms with E-state index in [1.807, 2.05) is 6.07 Å². The van der Waals surface area contributed by atoms with Gasteiger partial charge in [-0.15, -0.1) is 0 Å². The van der Waals surface area contributed by atoms with Crippen molar-refractivity contribution < 1.29 is 4.74 Å². The fourth-order valence-corrected chi connectivity index (χ4v) is 1.64. The molecule has 0 aliphatic rings. The van der Waals surface area contributed by atoms with Gasteiger partial charge in [0, 0.05) is 23.7 Å². The Bertz CT molecular complexity index is 417. The van der Waals surface area contributed by atoms with Crippen LogP contribution in [-0.4, -0.2) is 12.1 Å². The van der Waals surface area contributed by atoms with E-state index in [0.717, 1.165) is 0 Å². The second-order valence-electron chi connectivity index (χ2n) is 3.26. The Hall–Kier alpha value is -1.28. The van der Waals surface area contributed by atoms with E-state index in [1.165, 1.54) is 22.2 Å². The first-order valence-corrected chi connectivity index (χ1v) is 4.37. The molecule has 1 heterocycles. The predicted molar refractivity (Wildman–Crippen MR) is 53.7 cm³/mol. The molecule has 0 saturated heterocycles. The highest BCUT2D eigenvalue weighted by Gasteiger charge is 2.01. The summed E-state index contributed by atoms with van der Waals surface area (Å²) in [6, 6.07) is 8.39. The molecule has 68 valence electrons. The summed E-state index contributed by atoms with van der Waals surface area (Å²) in [6.45, 7) is 2.74. The lowest BCUT2D eigenvalue weighted by Gasteiger charge is -2.00. The summed E-state index contributed by atoms with van der Waals surface area (Å²) >= 11 is 0. The van der Waals surface area contributed by atoms with Crippen LogP contribution in [0, 0.1) is 6.92 Å². The molecular formula is C11H13NO. The summed E-state index contributed by atoms with van der Waals surface area (Å²) in [5, 5.41) is 1.27. The number of fused-ring (bicyclic) bond motifs is 1. The lowest BCUT2D eigenvalue weighted by molar-refractivity contribution is 0.186. The van der Waals surface area contributed by atoms with Crippen LogP contribution in [0.15, 0.2) is 24.3 Å². The molecule has 2 nitrogen and oxygen atoms in total. The first-order chi connectivity index (χ1) is 6.31. The molecule has 0 fully saturated rings. The van der Waals surface area contributed by atoms with E-state index in [4.69, 9.17) is 4.74 Å².